The van der Waals surface area contributed by atoms with Crippen molar-refractivity contribution in [1.82, 2.24) is 22.8 Å². The highest BCUT2D eigenvalue weighted by molar-refractivity contribution is 6.22. The summed E-state index contributed by atoms with van der Waals surface area (Å²) in [5.74, 6) is 0. The van der Waals surface area contributed by atoms with Crippen LogP contribution in [0.25, 0.3) is 171 Å². The van der Waals surface area contributed by atoms with Gasteiger partial charge in [0.15, 0.2) is 0 Å². The van der Waals surface area contributed by atoms with Gasteiger partial charge in [0, 0.05) is 70.9 Å². The Bertz CT molecular complexity index is 8710. The average molecular weight is 1920 g/mol. The normalized spacial score (nSPS) is 13.5. The molecule has 0 aliphatic heterocycles. The van der Waals surface area contributed by atoms with Gasteiger partial charge >= 0.3 is 0 Å². The van der Waals surface area contributed by atoms with Crippen molar-refractivity contribution in [2.24, 2.45) is 0 Å². The topological polar surface area (TPSA) is 24.6 Å². The first-order valence-electron chi connectivity index (χ1n) is 55.0. The van der Waals surface area contributed by atoms with Crippen molar-refractivity contribution < 1.29 is 5.48 Å². The monoisotopic (exact) mass is 1920 g/mol. The van der Waals surface area contributed by atoms with E-state index in [4.69, 9.17) is 5.48 Å². The number of rotatable bonds is 8. The summed E-state index contributed by atoms with van der Waals surface area (Å²) in [5, 5.41) is 12.5. The van der Waals surface area contributed by atoms with Gasteiger partial charge in [0.1, 0.15) is 0 Å². The Morgan fingerprint density at radius 3 is 0.788 bits per heavy atom. The van der Waals surface area contributed by atoms with E-state index < -0.39 is 0 Å². The van der Waals surface area contributed by atoms with Crippen molar-refractivity contribution in [3.8, 4) is 61.8 Å². The molecule has 0 spiro atoms. The number of benzene rings is 16. The van der Waals surface area contributed by atoms with Gasteiger partial charge in [0.05, 0.1) is 72.0 Å². The van der Waals surface area contributed by atoms with E-state index in [0.717, 1.165) is 33.1 Å². The fourth-order valence-electron chi connectivity index (χ4n) is 22.5. The molecule has 0 amide bonds. The lowest BCUT2D eigenvalue weighted by atomic mass is 9.80. The number of hydrogen-bond acceptors (Lipinski definition) is 0. The molecule has 21 rings (SSSR count). The Labute approximate surface area is 876 Å². The van der Waals surface area contributed by atoms with Gasteiger partial charge in [0.25, 0.3) is 0 Å². The van der Waals surface area contributed by atoms with E-state index in [1.54, 1.807) is 6.92 Å². The number of hydrogen-bond donors (Lipinski definition) is 0. The van der Waals surface area contributed by atoms with Gasteiger partial charge in [-0.05, 0) is 282 Å². The molecule has 0 saturated carbocycles. The molecule has 0 aliphatic carbocycles. The van der Waals surface area contributed by atoms with Crippen molar-refractivity contribution in [3.05, 3.63) is 388 Å². The molecule has 0 saturated heterocycles. The van der Waals surface area contributed by atoms with Crippen molar-refractivity contribution in [2.45, 2.75) is 295 Å². The van der Waals surface area contributed by atoms with Gasteiger partial charge in [-0.25, -0.2) is 0 Å². The Morgan fingerprint density at radius 2 is 0.466 bits per heavy atom. The molecule has 16 aromatic carbocycles. The van der Waals surface area contributed by atoms with E-state index in [1.165, 1.54) is 193 Å². The molecule has 21 aromatic rings. The molecule has 0 radical (unpaired) electrons. The minimum Gasteiger partial charge on any atom is -0.309 e. The second kappa shape index (κ2) is 36.0. The number of para-hydroxylation sites is 2. The van der Waals surface area contributed by atoms with Gasteiger partial charge in [-0.1, -0.05) is 434 Å². The lowest BCUT2D eigenvalue weighted by Gasteiger charge is -2.27. The minimum atomic E-state index is -0.207. The van der Waals surface area contributed by atoms with Crippen LogP contribution in [0.2, 0.25) is 0 Å². The van der Waals surface area contributed by atoms with Crippen LogP contribution in [0.1, 0.15) is 301 Å². The van der Waals surface area contributed by atoms with E-state index in [1.807, 2.05) is 12.1 Å². The highest BCUT2D eigenvalue weighted by Crippen LogP contribution is 2.54. The highest BCUT2D eigenvalue weighted by atomic mass is 15.0. The van der Waals surface area contributed by atoms with Crippen LogP contribution in [-0.2, 0) is 59.6 Å². The predicted molar refractivity (Wildman–Crippen MR) is 638 cm³/mol. The first-order valence-corrected chi connectivity index (χ1v) is 53.0. The zero-order valence-corrected chi connectivity index (χ0v) is 93.5. The maximum absolute atomic E-state index is 9.01. The van der Waals surface area contributed by atoms with E-state index in [2.05, 4.69) is 536 Å². The average Bonchev–Trinajstić information content (AvgIpc) is 1.55. The van der Waals surface area contributed by atoms with Gasteiger partial charge in [-0.2, -0.15) is 0 Å². The SMILES string of the molecule is CC(C)(C)c1cc(-n2c3cccc(-c4ccccc4)c3c3c(C(C)(C)C)c(-n4c5ccc(C(C)(C)C)cc5c5cc(C(C)(C)C)ccc54)ccc32)cc(C(C)(C)C)c1.CC(C)(C)c1cc(-n2c3cccc(-c4ccccc4)c3c3c(C(C)(C)C)c(-n4c5ccccc5c5ccccc54)ccc32)cc(C(C)(C)C)c1.[2H]c1c([2H])c(C)c([2H])c(-c2cccc3c2c2c(C(C)(C)C)cccc2n3-c2cc(C(C)(C)C)cc(C(C)(C)C)c2)c1[2H]. The summed E-state index contributed by atoms with van der Waals surface area (Å²) >= 11 is 0. The van der Waals surface area contributed by atoms with E-state index >= 15 is 0 Å². The number of fused-ring (bicyclic) bond motifs is 15. The second-order valence-electron chi connectivity index (χ2n) is 53.0. The summed E-state index contributed by atoms with van der Waals surface area (Å²) in [6, 6.07) is 112. The second-order valence-corrected chi connectivity index (χ2v) is 53.0. The van der Waals surface area contributed by atoms with Gasteiger partial charge in [-0.3, -0.25) is 0 Å². The number of aromatic nitrogens is 5. The van der Waals surface area contributed by atoms with Gasteiger partial charge in [0.2, 0.25) is 0 Å². The van der Waals surface area contributed by atoms with E-state index in [0.29, 0.717) is 11.1 Å². The molecule has 5 heterocycles. The Hall–Kier alpha value is -13.5. The fourth-order valence-corrected chi connectivity index (χ4v) is 22.5. The smallest absolute Gasteiger partial charge is 0.0632 e. The summed E-state index contributed by atoms with van der Waals surface area (Å²) in [4.78, 5) is 0. The zero-order valence-electron chi connectivity index (χ0n) is 97.5. The van der Waals surface area contributed by atoms with Crippen LogP contribution in [0.4, 0.5) is 0 Å². The molecule has 744 valence electrons. The van der Waals surface area contributed by atoms with Crippen molar-refractivity contribution in [3.63, 3.8) is 0 Å². The molecule has 0 fully saturated rings. The first-order chi connectivity index (χ1) is 70.0. The maximum atomic E-state index is 9.01. The Balaban J connectivity index is 0.000000143. The highest BCUT2D eigenvalue weighted by Gasteiger charge is 2.37. The van der Waals surface area contributed by atoms with E-state index in [-0.39, 0.29) is 83.7 Å². The lowest BCUT2D eigenvalue weighted by Crippen LogP contribution is -2.17. The zero-order chi connectivity index (χ0) is 108. The van der Waals surface area contributed by atoms with Crippen molar-refractivity contribution >= 4 is 109 Å². The molecular formula is C141H155N5. The van der Waals surface area contributed by atoms with Crippen LogP contribution < -0.4 is 0 Å². The van der Waals surface area contributed by atoms with E-state index in [9.17, 15) is 0 Å². The van der Waals surface area contributed by atoms with Crippen LogP contribution in [0.5, 0.6) is 0 Å². The molecule has 5 nitrogen and oxygen atoms in total. The Morgan fingerprint density at radius 1 is 0.192 bits per heavy atom. The predicted octanol–water partition coefficient (Wildman–Crippen LogP) is 40.1. The van der Waals surface area contributed by atoms with Crippen LogP contribution >= 0.6 is 0 Å². The summed E-state index contributed by atoms with van der Waals surface area (Å²) in [6.45, 7) is 78.1. The molecule has 0 unspecified atom stereocenters. The van der Waals surface area contributed by atoms with Crippen LogP contribution in [0.15, 0.2) is 321 Å². The largest absolute Gasteiger partial charge is 0.309 e. The molecule has 0 aliphatic rings. The van der Waals surface area contributed by atoms with Crippen LogP contribution in [-0.4, -0.2) is 22.8 Å². The maximum Gasteiger partial charge on any atom is 0.0632 e. The molecule has 0 bridgehead atoms. The fraction of sp³-hybridized carbons (Fsp3) is 0.319. The van der Waals surface area contributed by atoms with Gasteiger partial charge in [-0.15, -0.1) is 0 Å². The Kier molecular flexibility index (Phi) is 23.7. The molecule has 0 atom stereocenters. The van der Waals surface area contributed by atoms with Crippen LogP contribution in [0, 0.1) is 6.92 Å². The van der Waals surface area contributed by atoms with Crippen molar-refractivity contribution in [1.29, 1.82) is 0 Å². The number of nitrogens with zero attached hydrogens (tertiary/aromatic N) is 5. The molecule has 146 heavy (non-hydrogen) atoms. The standard InChI is InChI=1S/C56H64N2.C48H48N2.C37H43N/c1-52(2,3)36-24-26-44-42(33-36)43-34-37(53(4,5)6)25-27-45(43)58(44)48-29-28-47-50(51(48)56(13,14)15)49-41(35-20-17-16-18-21-35)22-19-23-46(49)57(47)40-31-38(54(7,8)9)30-39(32-40)55(10,11)12;1-46(2,3)32-28-33(47(4,5)6)30-34(29-32)49-40-25-17-22-35(31-18-11-10-12-19-31)43(40)44-41(49)26-27-42(45(44)48(7,8)9)50-38-23-15-13-20-36(38)37-21-14-16-24-39(37)50;1-24-14-11-15-25(20-24)29-16-12-18-31-33(29)34-30(37(8,9)10)17-13-19-32(34)38(31)28-22-26(35(2,3)4)21-27(23-28)36(5,6)7/h16-34H,1-15H3;10-30H,1-9H3;11-23H,1-10H3/i;;11D,14D,15D,20D. The minimum absolute atomic E-state index is 0.00421. The molecule has 5 aromatic heterocycles. The molecule has 5 heteroatoms. The summed E-state index contributed by atoms with van der Waals surface area (Å²) in [6.07, 6.45) is 0. The van der Waals surface area contributed by atoms with Crippen LogP contribution in [0.3, 0.4) is 0 Å². The van der Waals surface area contributed by atoms with Gasteiger partial charge < -0.3 is 22.8 Å². The van der Waals surface area contributed by atoms with Crippen molar-refractivity contribution in [2.75, 3.05) is 0 Å². The quantitative estimate of drug-likeness (QED) is 0.145. The summed E-state index contributed by atoms with van der Waals surface area (Å²) < 4.78 is 47.3. The molecule has 0 N–H and O–H groups in total. The lowest BCUT2D eigenvalue weighted by molar-refractivity contribution is 0.567. The first kappa shape index (κ1) is 96.0. The third-order valence-electron chi connectivity index (χ3n) is 30.5. The third kappa shape index (κ3) is 18.4. The summed E-state index contributed by atoms with van der Waals surface area (Å²) in [7, 11) is 0. The summed E-state index contributed by atoms with van der Waals surface area (Å²) in [5.41, 5.74) is 38.6. The third-order valence-corrected chi connectivity index (χ3v) is 30.5. The molecular weight excluding hydrogens is 1760 g/mol.